The van der Waals surface area contributed by atoms with Crippen molar-refractivity contribution in [2.75, 3.05) is 36.3 Å². The van der Waals surface area contributed by atoms with E-state index in [0.29, 0.717) is 39.8 Å². The first-order chi connectivity index (χ1) is 20.1. The van der Waals surface area contributed by atoms with Crippen molar-refractivity contribution in [2.24, 2.45) is 0 Å². The lowest BCUT2D eigenvalue weighted by molar-refractivity contribution is -0.122. The summed E-state index contributed by atoms with van der Waals surface area (Å²) in [6, 6.07) is 16.0. The number of methoxy groups -OCH3 is 2. The number of benzene rings is 3. The van der Waals surface area contributed by atoms with Crippen molar-refractivity contribution in [1.29, 1.82) is 0 Å². The van der Waals surface area contributed by atoms with Crippen molar-refractivity contribution in [2.45, 2.75) is 31.3 Å². The van der Waals surface area contributed by atoms with Gasteiger partial charge < -0.3 is 31.2 Å². The molecule has 0 radical (unpaired) electrons. The normalized spacial score (nSPS) is 11.9. The third-order valence-corrected chi connectivity index (χ3v) is 8.49. The van der Waals surface area contributed by atoms with Crippen molar-refractivity contribution in [3.63, 3.8) is 0 Å². The van der Waals surface area contributed by atoms with Gasteiger partial charge in [-0.2, -0.15) is 0 Å². The van der Waals surface area contributed by atoms with E-state index in [2.05, 4.69) is 20.9 Å². The number of nitrogen functional groups attached to an aromatic ring is 1. The molecule has 12 heteroatoms. The predicted octanol–water partition coefficient (Wildman–Crippen LogP) is 4.06. The number of pyridine rings is 1. The van der Waals surface area contributed by atoms with Gasteiger partial charge in [-0.1, -0.05) is 13.0 Å². The van der Waals surface area contributed by atoms with Crippen LogP contribution in [-0.4, -0.2) is 45.2 Å². The summed E-state index contributed by atoms with van der Waals surface area (Å²) in [5.74, 6) is 0.478. The minimum Gasteiger partial charge on any atom is -0.493 e. The Labute approximate surface area is 244 Å². The number of rotatable bonds is 11. The van der Waals surface area contributed by atoms with Gasteiger partial charge in [0.15, 0.2) is 21.3 Å². The first-order valence-electron chi connectivity index (χ1n) is 13.1. The van der Waals surface area contributed by atoms with E-state index in [-0.39, 0.29) is 23.1 Å². The highest BCUT2D eigenvalue weighted by molar-refractivity contribution is 7.91. The van der Waals surface area contributed by atoms with Gasteiger partial charge in [-0.25, -0.2) is 13.4 Å². The van der Waals surface area contributed by atoms with Gasteiger partial charge in [0.25, 0.3) is 0 Å². The van der Waals surface area contributed by atoms with E-state index in [1.54, 1.807) is 43.5 Å². The molecule has 0 fully saturated rings. The van der Waals surface area contributed by atoms with Gasteiger partial charge >= 0.3 is 0 Å². The quantitative estimate of drug-likeness (QED) is 0.202. The van der Waals surface area contributed by atoms with E-state index in [1.807, 2.05) is 18.2 Å². The number of nitrogens with two attached hydrogens (primary N) is 1. The molecular weight excluding hydrogens is 558 g/mol. The summed E-state index contributed by atoms with van der Waals surface area (Å²) in [4.78, 5) is 29.6. The van der Waals surface area contributed by atoms with E-state index >= 15 is 0 Å². The maximum atomic E-state index is 13.8. The Morgan fingerprint density at radius 3 is 2.38 bits per heavy atom. The molecule has 0 aliphatic rings. The second-order valence-electron chi connectivity index (χ2n) is 9.45. The van der Waals surface area contributed by atoms with Crippen LogP contribution in [0.1, 0.15) is 31.0 Å². The van der Waals surface area contributed by atoms with Crippen LogP contribution in [0.15, 0.2) is 71.8 Å². The lowest BCUT2D eigenvalue weighted by atomic mass is 10.0. The summed E-state index contributed by atoms with van der Waals surface area (Å²) >= 11 is 0. The molecule has 3 aromatic carbocycles. The molecule has 0 unspecified atom stereocenters. The molecule has 4 rings (SSSR count). The smallest absolute Gasteiger partial charge is 0.247 e. The molecule has 4 aromatic rings. The van der Waals surface area contributed by atoms with Crippen molar-refractivity contribution in [3.8, 4) is 11.5 Å². The number of ether oxygens (including phenoxy) is 2. The highest BCUT2D eigenvalue weighted by Crippen LogP contribution is 2.32. The van der Waals surface area contributed by atoms with Gasteiger partial charge in [0.2, 0.25) is 11.8 Å². The zero-order chi connectivity index (χ0) is 30.4. The standard InChI is InChI=1S/C30H33N5O6S/c1-5-42(38,39)27-11-8-22(34-18(2)36)15-21(27)17-33-30(37)28(20-6-10-25(40-3)26(16-20)41-4)35-23-7-9-24-19(14-23)12-13-32-29(24)31/h6-16,28,35H,5,17H2,1-4H3,(H2,31,32)(H,33,37)(H,34,36)/t28-/m0/s1. The molecule has 2 amide bonds. The van der Waals surface area contributed by atoms with Gasteiger partial charge in [-0.3, -0.25) is 9.59 Å². The summed E-state index contributed by atoms with van der Waals surface area (Å²) in [5, 5.41) is 10.4. The van der Waals surface area contributed by atoms with Crippen LogP contribution in [0.4, 0.5) is 17.2 Å². The van der Waals surface area contributed by atoms with E-state index in [1.165, 1.54) is 33.3 Å². The molecule has 220 valence electrons. The Hall–Kier alpha value is -4.84. The Morgan fingerprint density at radius 2 is 1.69 bits per heavy atom. The number of nitrogens with one attached hydrogen (secondary N) is 3. The molecule has 1 aromatic heterocycles. The summed E-state index contributed by atoms with van der Waals surface area (Å²) < 4.78 is 36.4. The maximum absolute atomic E-state index is 13.8. The number of aromatic nitrogens is 1. The fourth-order valence-corrected chi connectivity index (χ4v) is 5.65. The number of sulfone groups is 1. The molecule has 0 saturated carbocycles. The fraction of sp³-hybridized carbons (Fsp3) is 0.233. The topological polar surface area (TPSA) is 162 Å². The van der Waals surface area contributed by atoms with E-state index < -0.39 is 21.8 Å². The average molecular weight is 592 g/mol. The number of amides is 2. The number of nitrogens with zero attached hydrogens (tertiary/aromatic N) is 1. The summed E-state index contributed by atoms with van der Waals surface area (Å²) in [6.45, 7) is 2.80. The fourth-order valence-electron chi connectivity index (χ4n) is 4.53. The Balaban J connectivity index is 1.70. The van der Waals surface area contributed by atoms with Crippen LogP contribution in [0.2, 0.25) is 0 Å². The molecule has 0 spiro atoms. The van der Waals surface area contributed by atoms with Gasteiger partial charge in [0, 0.05) is 36.4 Å². The largest absolute Gasteiger partial charge is 0.493 e. The molecule has 0 aliphatic heterocycles. The highest BCUT2D eigenvalue weighted by Gasteiger charge is 2.24. The van der Waals surface area contributed by atoms with E-state index in [0.717, 1.165) is 10.8 Å². The number of anilines is 3. The van der Waals surface area contributed by atoms with Gasteiger partial charge in [0.1, 0.15) is 11.9 Å². The monoisotopic (exact) mass is 591 g/mol. The SMILES string of the molecule is CCS(=O)(=O)c1ccc(NC(C)=O)cc1CNC(=O)[C@@H](Nc1ccc2c(N)nccc2c1)c1ccc(OC)c(OC)c1. The molecule has 11 nitrogen and oxygen atoms in total. The van der Waals surface area contributed by atoms with Crippen LogP contribution in [-0.2, 0) is 26.0 Å². The lowest BCUT2D eigenvalue weighted by Crippen LogP contribution is -2.33. The van der Waals surface area contributed by atoms with Crippen molar-refractivity contribution < 1.29 is 27.5 Å². The Morgan fingerprint density at radius 1 is 0.952 bits per heavy atom. The minimum absolute atomic E-state index is 0.0794. The predicted molar refractivity (Wildman–Crippen MR) is 162 cm³/mol. The zero-order valence-electron chi connectivity index (χ0n) is 23.7. The molecule has 5 N–H and O–H groups in total. The Kier molecular flexibility index (Phi) is 9.16. The van der Waals surface area contributed by atoms with Crippen LogP contribution in [0.3, 0.4) is 0 Å². The first-order valence-corrected chi connectivity index (χ1v) is 14.7. The zero-order valence-corrected chi connectivity index (χ0v) is 24.5. The second-order valence-corrected chi connectivity index (χ2v) is 11.7. The third kappa shape index (κ3) is 6.72. The third-order valence-electron chi connectivity index (χ3n) is 6.66. The van der Waals surface area contributed by atoms with E-state index in [9.17, 15) is 18.0 Å². The average Bonchev–Trinajstić information content (AvgIpc) is 2.98. The minimum atomic E-state index is -3.61. The van der Waals surface area contributed by atoms with Crippen LogP contribution in [0, 0.1) is 0 Å². The summed E-state index contributed by atoms with van der Waals surface area (Å²) in [7, 11) is -0.585. The number of fused-ring (bicyclic) bond motifs is 1. The van der Waals surface area contributed by atoms with Crippen molar-refractivity contribution in [1.82, 2.24) is 10.3 Å². The number of carbonyl (C=O) groups is 2. The lowest BCUT2D eigenvalue weighted by Gasteiger charge is -2.22. The number of hydrogen-bond acceptors (Lipinski definition) is 9. The molecule has 42 heavy (non-hydrogen) atoms. The van der Waals surface area contributed by atoms with Gasteiger partial charge in [-0.05, 0) is 71.1 Å². The summed E-state index contributed by atoms with van der Waals surface area (Å²) in [6.07, 6.45) is 1.61. The molecule has 1 atom stereocenters. The number of carbonyl (C=O) groups excluding carboxylic acids is 2. The van der Waals surface area contributed by atoms with Crippen LogP contribution in [0.5, 0.6) is 11.5 Å². The van der Waals surface area contributed by atoms with E-state index in [4.69, 9.17) is 15.2 Å². The van der Waals surface area contributed by atoms with Crippen LogP contribution >= 0.6 is 0 Å². The van der Waals surface area contributed by atoms with Crippen molar-refractivity contribution in [3.05, 3.63) is 78.0 Å². The molecule has 0 saturated heterocycles. The summed E-state index contributed by atoms with van der Waals surface area (Å²) in [5.41, 5.74) is 7.99. The maximum Gasteiger partial charge on any atom is 0.247 e. The van der Waals surface area contributed by atoms with Crippen LogP contribution in [0.25, 0.3) is 10.8 Å². The van der Waals surface area contributed by atoms with Gasteiger partial charge in [-0.15, -0.1) is 0 Å². The Bertz CT molecular complexity index is 1740. The molecule has 1 heterocycles. The first kappa shape index (κ1) is 30.1. The molecular formula is C30H33N5O6S. The van der Waals surface area contributed by atoms with Gasteiger partial charge in [0.05, 0.1) is 24.9 Å². The number of hydrogen-bond donors (Lipinski definition) is 4. The molecule has 0 aliphatic carbocycles. The van der Waals surface area contributed by atoms with Crippen LogP contribution < -0.4 is 31.2 Å². The highest BCUT2D eigenvalue weighted by atomic mass is 32.2. The second kappa shape index (κ2) is 12.8. The molecule has 0 bridgehead atoms. The van der Waals surface area contributed by atoms with Crippen molar-refractivity contribution >= 4 is 49.6 Å².